The van der Waals surface area contributed by atoms with Gasteiger partial charge in [-0.2, -0.15) is 0 Å². The van der Waals surface area contributed by atoms with Crippen molar-refractivity contribution in [2.24, 2.45) is 0 Å². The number of nitrogens with one attached hydrogen (secondary N) is 1. The molecule has 0 spiro atoms. The Hall–Kier alpha value is -3.82. The summed E-state index contributed by atoms with van der Waals surface area (Å²) in [6.45, 7) is 0.418. The maximum Gasteiger partial charge on any atom is 0.246 e. The Kier molecular flexibility index (Phi) is 7.16. The summed E-state index contributed by atoms with van der Waals surface area (Å²) in [5, 5.41) is 2.90. The minimum absolute atomic E-state index is 0.0650. The van der Waals surface area contributed by atoms with Gasteiger partial charge in [0.1, 0.15) is 5.69 Å². The molecule has 0 bridgehead atoms. The molecule has 190 valence electrons. The monoisotopic (exact) mass is 536 g/mol. The summed E-state index contributed by atoms with van der Waals surface area (Å²) in [6.07, 6.45) is 2.48. The first kappa shape index (κ1) is 24.9. The van der Waals surface area contributed by atoms with Gasteiger partial charge in [-0.1, -0.05) is 35.9 Å². The number of rotatable bonds is 8. The fourth-order valence-electron chi connectivity index (χ4n) is 4.44. The van der Waals surface area contributed by atoms with Gasteiger partial charge in [0.25, 0.3) is 0 Å². The van der Waals surface area contributed by atoms with Gasteiger partial charge >= 0.3 is 0 Å². The number of para-hydroxylation sites is 1. The van der Waals surface area contributed by atoms with Gasteiger partial charge in [-0.25, -0.2) is 4.98 Å². The number of aromatic nitrogens is 2. The number of methoxy groups -OCH3 is 2. The van der Waals surface area contributed by atoms with Crippen molar-refractivity contribution >= 4 is 40.7 Å². The summed E-state index contributed by atoms with van der Waals surface area (Å²) < 4.78 is 13.2. The smallest absolute Gasteiger partial charge is 0.246 e. The molecule has 4 aromatic rings. The third-order valence-electron chi connectivity index (χ3n) is 6.26. The molecule has 3 heterocycles. The number of nitrogens with zero attached hydrogens (tertiary/aromatic N) is 3. The van der Waals surface area contributed by atoms with Crippen LogP contribution in [-0.2, 0) is 9.59 Å². The third-order valence-corrected chi connectivity index (χ3v) is 7.51. The Morgan fingerprint density at radius 2 is 1.89 bits per heavy atom. The van der Waals surface area contributed by atoms with Crippen LogP contribution in [0.2, 0.25) is 4.34 Å². The summed E-state index contributed by atoms with van der Waals surface area (Å²) >= 11 is 7.53. The lowest BCUT2D eigenvalue weighted by molar-refractivity contribution is -0.132. The minimum atomic E-state index is -0.339. The van der Waals surface area contributed by atoms with Crippen molar-refractivity contribution in [2.45, 2.75) is 12.3 Å². The molecule has 0 radical (unpaired) electrons. The molecule has 2 aromatic heterocycles. The second kappa shape index (κ2) is 10.7. The van der Waals surface area contributed by atoms with E-state index in [2.05, 4.69) is 10.3 Å². The van der Waals surface area contributed by atoms with Crippen LogP contribution in [0, 0.1) is 0 Å². The first-order chi connectivity index (χ1) is 18.0. The average Bonchev–Trinajstić information content (AvgIpc) is 3.63. The summed E-state index contributed by atoms with van der Waals surface area (Å²) in [7, 11) is 3.13. The van der Waals surface area contributed by atoms with E-state index in [-0.39, 0.29) is 24.3 Å². The lowest BCUT2D eigenvalue weighted by atomic mass is 9.97. The highest BCUT2D eigenvalue weighted by Gasteiger charge is 2.34. The molecule has 1 unspecified atom stereocenters. The van der Waals surface area contributed by atoms with E-state index in [1.54, 1.807) is 25.2 Å². The second-order valence-corrected chi connectivity index (χ2v) is 10.2. The number of hydrogen-bond donors (Lipinski definition) is 1. The van der Waals surface area contributed by atoms with E-state index >= 15 is 0 Å². The van der Waals surface area contributed by atoms with E-state index < -0.39 is 0 Å². The van der Waals surface area contributed by atoms with Gasteiger partial charge in [-0.3, -0.25) is 19.5 Å². The molecular weight excluding hydrogens is 512 g/mol. The largest absolute Gasteiger partial charge is 0.493 e. The van der Waals surface area contributed by atoms with E-state index in [1.807, 2.05) is 65.4 Å². The molecule has 0 aliphatic carbocycles. The van der Waals surface area contributed by atoms with E-state index in [0.717, 1.165) is 16.1 Å². The van der Waals surface area contributed by atoms with E-state index in [9.17, 15) is 9.59 Å². The zero-order valence-corrected chi connectivity index (χ0v) is 21.9. The van der Waals surface area contributed by atoms with Crippen molar-refractivity contribution in [3.8, 4) is 27.8 Å². The zero-order valence-electron chi connectivity index (χ0n) is 20.3. The number of imidazole rings is 1. The molecule has 37 heavy (non-hydrogen) atoms. The quantitative estimate of drug-likeness (QED) is 0.333. The zero-order chi connectivity index (χ0) is 25.9. The number of likely N-dealkylation sites (tertiary alicyclic amines) is 1. The fourth-order valence-corrected chi connectivity index (χ4v) is 5.43. The number of halogens is 1. The normalized spacial score (nSPS) is 15.2. The van der Waals surface area contributed by atoms with Gasteiger partial charge < -0.3 is 14.4 Å². The Balaban J connectivity index is 1.32. The van der Waals surface area contributed by atoms with Crippen molar-refractivity contribution in [1.82, 2.24) is 14.5 Å². The summed E-state index contributed by atoms with van der Waals surface area (Å²) in [4.78, 5) is 33.4. The number of thiophene rings is 1. The summed E-state index contributed by atoms with van der Waals surface area (Å²) in [5.41, 5.74) is 2.39. The number of carbonyl (C=O) groups is 2. The predicted octanol–water partition coefficient (Wildman–Crippen LogP) is 5.23. The van der Waals surface area contributed by atoms with E-state index in [1.165, 1.54) is 11.3 Å². The Labute approximate surface area is 223 Å². The van der Waals surface area contributed by atoms with Crippen molar-refractivity contribution in [3.63, 3.8) is 0 Å². The molecular formula is C27H25ClN4O4S. The van der Waals surface area contributed by atoms with Crippen molar-refractivity contribution in [1.29, 1.82) is 0 Å². The van der Waals surface area contributed by atoms with Gasteiger partial charge in [0.2, 0.25) is 17.8 Å². The van der Waals surface area contributed by atoms with Crippen LogP contribution >= 0.6 is 22.9 Å². The molecule has 1 N–H and O–H groups in total. The maximum atomic E-state index is 13.2. The van der Waals surface area contributed by atoms with Crippen LogP contribution in [0.25, 0.3) is 16.3 Å². The summed E-state index contributed by atoms with van der Waals surface area (Å²) in [5.74, 6) is 0.793. The van der Waals surface area contributed by atoms with E-state index in [4.69, 9.17) is 21.1 Å². The average molecular weight is 537 g/mol. The minimum Gasteiger partial charge on any atom is -0.493 e. The number of hydrogen-bond acceptors (Lipinski definition) is 6. The Morgan fingerprint density at radius 1 is 1.11 bits per heavy atom. The topological polar surface area (TPSA) is 85.7 Å². The Morgan fingerprint density at radius 3 is 2.59 bits per heavy atom. The molecule has 10 heteroatoms. The van der Waals surface area contributed by atoms with Crippen LogP contribution in [0.1, 0.15) is 17.9 Å². The molecule has 5 rings (SSSR count). The maximum absolute atomic E-state index is 13.2. The SMILES string of the molecule is COc1ccc(C2CCN(CC(=O)Nc3nc(-c4ccc(Cl)s4)cn3-c3ccccc3)C2=O)cc1OC. The van der Waals surface area contributed by atoms with E-state index in [0.29, 0.717) is 40.4 Å². The molecule has 2 aromatic carbocycles. The fraction of sp³-hybridized carbons (Fsp3) is 0.222. The molecule has 1 aliphatic rings. The molecule has 0 saturated carbocycles. The number of anilines is 1. The van der Waals surface area contributed by atoms with Crippen LogP contribution in [-0.4, -0.2) is 53.6 Å². The number of amides is 2. The molecule has 8 nitrogen and oxygen atoms in total. The molecule has 1 saturated heterocycles. The first-order valence-corrected chi connectivity index (χ1v) is 12.9. The Bertz CT molecular complexity index is 1440. The van der Waals surface area contributed by atoms with Crippen molar-refractivity contribution < 1.29 is 19.1 Å². The summed E-state index contributed by atoms with van der Waals surface area (Å²) in [6, 6.07) is 18.8. The molecule has 1 aliphatic heterocycles. The highest BCUT2D eigenvalue weighted by atomic mass is 35.5. The van der Waals surface area contributed by atoms with Crippen LogP contribution in [0.15, 0.2) is 66.9 Å². The van der Waals surface area contributed by atoms with Crippen LogP contribution < -0.4 is 14.8 Å². The highest BCUT2D eigenvalue weighted by molar-refractivity contribution is 7.19. The lowest BCUT2D eigenvalue weighted by Crippen LogP contribution is -2.35. The van der Waals surface area contributed by atoms with Gasteiger partial charge in [-0.15, -0.1) is 11.3 Å². The molecule has 1 fully saturated rings. The second-order valence-electron chi connectivity index (χ2n) is 8.52. The van der Waals surface area contributed by atoms with Crippen LogP contribution in [0.4, 0.5) is 5.95 Å². The highest BCUT2D eigenvalue weighted by Crippen LogP contribution is 2.35. The standard InChI is InChI=1S/C27H25ClN4O4S/c1-35-21-9-8-17(14-22(21)36-2)19-12-13-31(26(19)34)16-25(33)30-27-29-20(23-10-11-24(28)37-23)15-32(27)18-6-4-3-5-7-18/h3-11,14-15,19H,12-13,16H2,1-2H3,(H,29,30,33). The van der Waals surface area contributed by atoms with Gasteiger partial charge in [0.05, 0.1) is 35.9 Å². The van der Waals surface area contributed by atoms with Gasteiger partial charge in [0, 0.05) is 18.4 Å². The van der Waals surface area contributed by atoms with Crippen LogP contribution in [0.3, 0.4) is 0 Å². The van der Waals surface area contributed by atoms with Crippen molar-refractivity contribution in [2.75, 3.05) is 32.6 Å². The lowest BCUT2D eigenvalue weighted by Gasteiger charge is -2.17. The molecule has 1 atom stereocenters. The first-order valence-electron chi connectivity index (χ1n) is 11.7. The molecule has 2 amide bonds. The van der Waals surface area contributed by atoms with Gasteiger partial charge in [0.15, 0.2) is 11.5 Å². The van der Waals surface area contributed by atoms with Gasteiger partial charge in [-0.05, 0) is 48.4 Å². The van der Waals surface area contributed by atoms with Crippen LogP contribution in [0.5, 0.6) is 11.5 Å². The third kappa shape index (κ3) is 5.19. The number of ether oxygens (including phenoxy) is 2. The number of carbonyl (C=O) groups excluding carboxylic acids is 2. The number of benzene rings is 2. The predicted molar refractivity (Wildman–Crippen MR) is 144 cm³/mol. The van der Waals surface area contributed by atoms with Crippen molar-refractivity contribution in [3.05, 3.63) is 76.8 Å².